The first-order valence-electron chi connectivity index (χ1n) is 4.46. The molecule has 17 heavy (non-hydrogen) atoms. The Morgan fingerprint density at radius 1 is 1.24 bits per heavy atom. The number of aromatic nitrogens is 3. The normalized spacial score (nSPS) is 10.5. The van der Waals surface area contributed by atoms with Gasteiger partial charge in [-0.15, -0.1) is 10.2 Å². The third-order valence-corrected chi connectivity index (χ3v) is 3.06. The van der Waals surface area contributed by atoms with E-state index < -0.39 is 0 Å². The maximum Gasteiger partial charge on any atom is 0.242 e. The fourth-order valence-corrected chi connectivity index (χ4v) is 1.91. The van der Waals surface area contributed by atoms with Crippen LogP contribution in [0.2, 0.25) is 5.02 Å². The number of rotatable bonds is 2. The zero-order valence-electron chi connectivity index (χ0n) is 8.39. The van der Waals surface area contributed by atoms with Gasteiger partial charge in [-0.25, -0.2) is 0 Å². The summed E-state index contributed by atoms with van der Waals surface area (Å²) in [6.45, 7) is 0. The monoisotopic (exact) mass is 271 g/mol. The van der Waals surface area contributed by atoms with Crippen molar-refractivity contribution in [1.29, 1.82) is 0 Å². The second kappa shape index (κ2) is 4.72. The van der Waals surface area contributed by atoms with Crippen LogP contribution in [-0.4, -0.2) is 15.2 Å². The van der Waals surface area contributed by atoms with Crippen molar-refractivity contribution in [3.63, 3.8) is 0 Å². The fourth-order valence-electron chi connectivity index (χ4n) is 1.30. The molecule has 0 aliphatic carbocycles. The maximum atomic E-state index is 12.6. The molecule has 1 aromatic heterocycles. The van der Waals surface area contributed by atoms with Crippen molar-refractivity contribution in [2.45, 2.75) is 4.90 Å². The Hall–Kier alpha value is -1.60. The summed E-state index contributed by atoms with van der Waals surface area (Å²) in [6.07, 6.45) is 0. The highest BCUT2D eigenvalue weighted by molar-refractivity contribution is 7.94. The number of nitrogens with two attached hydrogens (primary N) is 2. The van der Waals surface area contributed by atoms with Crippen LogP contribution in [0.5, 0.6) is 0 Å². The molecule has 2 aromatic rings. The molecule has 0 unspecified atom stereocenters. The number of hydrogen-bond donors (Lipinski definition) is 2. The van der Waals surface area contributed by atoms with Crippen molar-refractivity contribution < 1.29 is 3.89 Å². The Morgan fingerprint density at radius 3 is 2.65 bits per heavy atom. The summed E-state index contributed by atoms with van der Waals surface area (Å²) in [6, 6.07) is 4.84. The molecule has 1 heterocycles. The van der Waals surface area contributed by atoms with Gasteiger partial charge in [-0.2, -0.15) is 8.87 Å². The van der Waals surface area contributed by atoms with E-state index in [0.717, 1.165) is 0 Å². The van der Waals surface area contributed by atoms with Gasteiger partial charge in [0, 0.05) is 5.56 Å². The summed E-state index contributed by atoms with van der Waals surface area (Å²) in [5.41, 5.74) is 11.7. The lowest BCUT2D eigenvalue weighted by molar-refractivity contribution is 0.934. The second-order valence-corrected chi connectivity index (χ2v) is 4.07. The fraction of sp³-hybridized carbons (Fsp3) is 0. The van der Waals surface area contributed by atoms with Crippen LogP contribution >= 0.6 is 23.7 Å². The van der Waals surface area contributed by atoms with E-state index >= 15 is 0 Å². The van der Waals surface area contributed by atoms with Gasteiger partial charge in [0.25, 0.3) is 0 Å². The third kappa shape index (κ3) is 2.25. The largest absolute Gasteiger partial charge is 0.382 e. The zero-order valence-corrected chi connectivity index (χ0v) is 9.96. The number of nitrogen functional groups attached to an aromatic ring is 2. The van der Waals surface area contributed by atoms with Gasteiger partial charge in [0.15, 0.2) is 5.82 Å². The Labute approximate surface area is 106 Å². The van der Waals surface area contributed by atoms with Gasteiger partial charge < -0.3 is 11.5 Å². The molecule has 0 bridgehead atoms. The lowest BCUT2D eigenvalue weighted by atomic mass is 10.1. The number of anilines is 2. The first kappa shape index (κ1) is 11.9. The predicted octanol–water partition coefficient (Wildman–Crippen LogP) is 2.33. The first-order valence-corrected chi connectivity index (χ1v) is 5.56. The molecule has 0 atom stereocenters. The van der Waals surface area contributed by atoms with Gasteiger partial charge >= 0.3 is 0 Å². The van der Waals surface area contributed by atoms with E-state index in [4.69, 9.17) is 23.1 Å². The van der Waals surface area contributed by atoms with E-state index in [0.29, 0.717) is 5.56 Å². The van der Waals surface area contributed by atoms with E-state index in [9.17, 15) is 3.89 Å². The molecule has 0 radical (unpaired) electrons. The summed E-state index contributed by atoms with van der Waals surface area (Å²) in [5, 5.41) is 7.61. The molecule has 1 aromatic carbocycles. The molecule has 0 saturated carbocycles. The minimum absolute atomic E-state index is 0.0293. The van der Waals surface area contributed by atoms with Gasteiger partial charge in [0.05, 0.1) is 22.1 Å². The smallest absolute Gasteiger partial charge is 0.242 e. The molecule has 0 saturated heterocycles. The quantitative estimate of drug-likeness (QED) is 0.871. The predicted molar refractivity (Wildman–Crippen MR) is 66.1 cm³/mol. The molecular weight excluding hydrogens is 265 g/mol. The van der Waals surface area contributed by atoms with Crippen molar-refractivity contribution in [3.8, 4) is 11.3 Å². The highest BCUT2D eigenvalue weighted by Crippen LogP contribution is 2.36. The van der Waals surface area contributed by atoms with Gasteiger partial charge in [0.1, 0.15) is 5.69 Å². The minimum Gasteiger partial charge on any atom is -0.382 e. The van der Waals surface area contributed by atoms with E-state index in [1.54, 1.807) is 18.2 Å². The van der Waals surface area contributed by atoms with Crippen LogP contribution in [0.1, 0.15) is 0 Å². The summed E-state index contributed by atoms with van der Waals surface area (Å²) in [4.78, 5) is 4.05. The van der Waals surface area contributed by atoms with E-state index in [1.807, 2.05) is 0 Å². The molecule has 0 spiro atoms. The summed E-state index contributed by atoms with van der Waals surface area (Å²) in [5.74, 6) is 0.0683. The van der Waals surface area contributed by atoms with E-state index in [1.165, 1.54) is 0 Å². The third-order valence-electron chi connectivity index (χ3n) is 2.03. The molecule has 0 aliphatic heterocycles. The van der Waals surface area contributed by atoms with E-state index in [2.05, 4.69) is 15.2 Å². The standard InChI is InChI=1S/C9H7ClFN5S/c10-6-4(2-1-3-5(6)17-11)7-8(12)14-9(13)16-15-7/h1-3H,(H4,12,13,14,16). The van der Waals surface area contributed by atoms with Crippen LogP contribution in [0, 0.1) is 0 Å². The summed E-state index contributed by atoms with van der Waals surface area (Å²) >= 11 is 6.06. The van der Waals surface area contributed by atoms with E-state index in [-0.39, 0.29) is 39.5 Å². The first-order chi connectivity index (χ1) is 8.13. The SMILES string of the molecule is Nc1nnc(-c2cccc(SF)c2Cl)c(N)n1. The van der Waals surface area contributed by atoms with Gasteiger partial charge in [-0.1, -0.05) is 23.7 Å². The number of halogens is 2. The average molecular weight is 272 g/mol. The Kier molecular flexibility index (Phi) is 3.30. The van der Waals surface area contributed by atoms with Crippen LogP contribution < -0.4 is 11.5 Å². The van der Waals surface area contributed by atoms with Crippen LogP contribution in [0.15, 0.2) is 23.1 Å². The maximum absolute atomic E-state index is 12.6. The van der Waals surface area contributed by atoms with Crippen LogP contribution in [0.25, 0.3) is 11.3 Å². The Bertz CT molecular complexity index is 565. The molecule has 88 valence electrons. The van der Waals surface area contributed by atoms with Crippen molar-refractivity contribution in [2.24, 2.45) is 0 Å². The Balaban J connectivity index is 2.60. The lowest BCUT2D eigenvalue weighted by Gasteiger charge is -2.07. The summed E-state index contributed by atoms with van der Waals surface area (Å²) < 4.78 is 12.6. The van der Waals surface area contributed by atoms with Crippen LogP contribution in [-0.2, 0) is 0 Å². The topological polar surface area (TPSA) is 90.7 Å². The van der Waals surface area contributed by atoms with Crippen LogP contribution in [0.4, 0.5) is 15.7 Å². The molecule has 5 nitrogen and oxygen atoms in total. The molecule has 2 rings (SSSR count). The summed E-state index contributed by atoms with van der Waals surface area (Å²) in [7, 11) is 0. The van der Waals surface area contributed by atoms with Gasteiger partial charge in [-0.05, 0) is 6.07 Å². The second-order valence-electron chi connectivity index (χ2n) is 3.10. The molecule has 0 amide bonds. The Morgan fingerprint density at radius 2 is 2.00 bits per heavy atom. The van der Waals surface area contributed by atoms with Crippen molar-refractivity contribution in [2.75, 3.05) is 11.5 Å². The lowest BCUT2D eigenvalue weighted by Crippen LogP contribution is -2.04. The minimum atomic E-state index is -0.0293. The number of hydrogen-bond acceptors (Lipinski definition) is 6. The number of nitrogens with zero attached hydrogens (tertiary/aromatic N) is 3. The van der Waals surface area contributed by atoms with Crippen molar-refractivity contribution in [1.82, 2.24) is 15.2 Å². The van der Waals surface area contributed by atoms with Gasteiger partial charge in [-0.3, -0.25) is 0 Å². The zero-order chi connectivity index (χ0) is 12.4. The van der Waals surface area contributed by atoms with Crippen molar-refractivity contribution >= 4 is 35.5 Å². The number of benzene rings is 1. The van der Waals surface area contributed by atoms with Crippen molar-refractivity contribution in [3.05, 3.63) is 23.2 Å². The highest BCUT2D eigenvalue weighted by Gasteiger charge is 2.14. The molecule has 4 N–H and O–H groups in total. The molecule has 8 heteroatoms. The van der Waals surface area contributed by atoms with Crippen LogP contribution in [0.3, 0.4) is 0 Å². The van der Waals surface area contributed by atoms with Gasteiger partial charge in [0.2, 0.25) is 5.95 Å². The average Bonchev–Trinajstić information content (AvgIpc) is 2.30. The molecular formula is C9H7ClFN5S. The molecule has 0 aliphatic rings. The molecule has 0 fully saturated rings. The highest BCUT2D eigenvalue weighted by atomic mass is 35.5.